The van der Waals surface area contributed by atoms with E-state index in [1.54, 1.807) is 7.11 Å². The molecule has 2 aromatic heterocycles. The van der Waals surface area contributed by atoms with Crippen LogP contribution in [0, 0.1) is 12.8 Å². The van der Waals surface area contributed by atoms with Gasteiger partial charge in [-0.2, -0.15) is 5.10 Å². The first-order valence-corrected chi connectivity index (χ1v) is 7.50. The first-order valence-electron chi connectivity index (χ1n) is 6.96. The van der Waals surface area contributed by atoms with Crippen molar-refractivity contribution in [3.63, 3.8) is 0 Å². The van der Waals surface area contributed by atoms with Crippen LogP contribution >= 0.6 is 11.6 Å². The highest BCUT2D eigenvalue weighted by atomic mass is 35.5. The monoisotopic (exact) mass is 298 g/mol. The molecule has 0 aromatic carbocycles. The topological polar surface area (TPSA) is 44.9 Å². The molecular weight excluding hydrogens is 276 g/mol. The summed E-state index contributed by atoms with van der Waals surface area (Å²) in [5, 5.41) is 4.47. The molecule has 0 saturated carbocycles. The van der Waals surface area contributed by atoms with E-state index in [1.165, 1.54) is 0 Å². The Bertz CT molecular complexity index is 588. The summed E-state index contributed by atoms with van der Waals surface area (Å²) in [4.78, 5) is 4.75. The maximum Gasteiger partial charge on any atom is 0.159 e. The highest BCUT2D eigenvalue weighted by Crippen LogP contribution is 2.28. The van der Waals surface area contributed by atoms with Crippen LogP contribution in [0.2, 0.25) is 0 Å². The molecule has 20 heavy (non-hydrogen) atoms. The standard InChI is InChI=1S/C14H23ClN4O/c1-9(2)11(8-20-5)19-12(6-7-15)16-13-10(3)17-18(4)14(13)19/h9,11H,6-8H2,1-5H3. The van der Waals surface area contributed by atoms with Crippen LogP contribution in [0.25, 0.3) is 11.2 Å². The van der Waals surface area contributed by atoms with Crippen molar-refractivity contribution in [3.8, 4) is 0 Å². The van der Waals surface area contributed by atoms with E-state index >= 15 is 0 Å². The molecule has 2 aromatic rings. The Balaban J connectivity index is 2.65. The van der Waals surface area contributed by atoms with Gasteiger partial charge in [-0.05, 0) is 12.8 Å². The normalized spacial score (nSPS) is 13.6. The number of methoxy groups -OCH3 is 1. The molecule has 0 N–H and O–H groups in total. The molecule has 5 nitrogen and oxygen atoms in total. The van der Waals surface area contributed by atoms with Crippen molar-refractivity contribution in [2.45, 2.75) is 33.2 Å². The van der Waals surface area contributed by atoms with Crippen molar-refractivity contribution in [1.82, 2.24) is 19.3 Å². The van der Waals surface area contributed by atoms with Crippen LogP contribution in [0.5, 0.6) is 0 Å². The fraction of sp³-hybridized carbons (Fsp3) is 0.714. The number of fused-ring (bicyclic) bond motifs is 1. The van der Waals surface area contributed by atoms with Gasteiger partial charge >= 0.3 is 0 Å². The van der Waals surface area contributed by atoms with E-state index in [1.807, 2.05) is 18.7 Å². The zero-order chi connectivity index (χ0) is 14.9. The summed E-state index contributed by atoms with van der Waals surface area (Å²) in [5.74, 6) is 2.02. The van der Waals surface area contributed by atoms with Crippen LogP contribution in [-0.2, 0) is 18.2 Å². The first kappa shape index (κ1) is 15.3. The second-order valence-electron chi connectivity index (χ2n) is 5.48. The molecule has 0 spiro atoms. The van der Waals surface area contributed by atoms with Gasteiger partial charge in [0.25, 0.3) is 0 Å². The number of aryl methyl sites for hydroxylation is 3. The van der Waals surface area contributed by atoms with Gasteiger partial charge < -0.3 is 9.30 Å². The number of halogens is 1. The maximum absolute atomic E-state index is 5.94. The number of ether oxygens (including phenoxy) is 1. The zero-order valence-electron chi connectivity index (χ0n) is 12.9. The largest absolute Gasteiger partial charge is 0.383 e. The molecule has 0 aliphatic heterocycles. The van der Waals surface area contributed by atoms with E-state index in [2.05, 4.69) is 23.5 Å². The first-order chi connectivity index (χ1) is 9.51. The summed E-state index contributed by atoms with van der Waals surface area (Å²) in [7, 11) is 3.70. The van der Waals surface area contributed by atoms with E-state index in [4.69, 9.17) is 21.3 Å². The molecular formula is C14H23ClN4O. The Labute approximate surface area is 124 Å². The third-order valence-electron chi connectivity index (χ3n) is 3.66. The second kappa shape index (κ2) is 6.14. The van der Waals surface area contributed by atoms with Gasteiger partial charge in [0.2, 0.25) is 0 Å². The molecule has 1 atom stereocenters. The van der Waals surface area contributed by atoms with Gasteiger partial charge in [0, 0.05) is 26.5 Å². The highest BCUT2D eigenvalue weighted by Gasteiger charge is 2.25. The Morgan fingerprint density at radius 3 is 2.60 bits per heavy atom. The van der Waals surface area contributed by atoms with Crippen molar-refractivity contribution >= 4 is 22.8 Å². The predicted octanol–water partition coefficient (Wildman–Crippen LogP) is 2.70. The zero-order valence-corrected chi connectivity index (χ0v) is 13.6. The average Bonchev–Trinajstić information content (AvgIpc) is 2.86. The van der Waals surface area contributed by atoms with E-state index in [-0.39, 0.29) is 6.04 Å². The second-order valence-corrected chi connectivity index (χ2v) is 5.86. The lowest BCUT2D eigenvalue weighted by Gasteiger charge is -2.24. The summed E-state index contributed by atoms with van der Waals surface area (Å²) in [6.45, 7) is 7.04. The van der Waals surface area contributed by atoms with Crippen molar-refractivity contribution < 1.29 is 4.74 Å². The number of alkyl halides is 1. The molecule has 6 heteroatoms. The Kier molecular flexibility index (Phi) is 4.70. The third-order valence-corrected chi connectivity index (χ3v) is 3.85. The molecule has 0 fully saturated rings. The van der Waals surface area contributed by atoms with Gasteiger partial charge in [-0.1, -0.05) is 13.8 Å². The molecule has 2 rings (SSSR count). The summed E-state index contributed by atoms with van der Waals surface area (Å²) < 4.78 is 9.57. The van der Waals surface area contributed by atoms with E-state index in [9.17, 15) is 0 Å². The quantitative estimate of drug-likeness (QED) is 0.770. The number of hydrogen-bond donors (Lipinski definition) is 0. The van der Waals surface area contributed by atoms with Crippen LogP contribution in [0.15, 0.2) is 0 Å². The van der Waals surface area contributed by atoms with Crippen molar-refractivity contribution in [2.75, 3.05) is 19.6 Å². The molecule has 0 bridgehead atoms. The minimum absolute atomic E-state index is 0.234. The van der Waals surface area contributed by atoms with E-state index in [0.717, 1.165) is 29.1 Å². The average molecular weight is 299 g/mol. The number of rotatable bonds is 6. The van der Waals surface area contributed by atoms with Gasteiger partial charge in [0.15, 0.2) is 5.65 Å². The number of aromatic nitrogens is 4. The van der Waals surface area contributed by atoms with Crippen molar-refractivity contribution in [1.29, 1.82) is 0 Å². The van der Waals surface area contributed by atoms with Gasteiger partial charge in [-0.25, -0.2) is 4.98 Å². The molecule has 0 saturated heterocycles. The molecule has 0 amide bonds. The predicted molar refractivity (Wildman–Crippen MR) is 81.4 cm³/mol. The summed E-state index contributed by atoms with van der Waals surface area (Å²) in [5.41, 5.74) is 2.98. The van der Waals surface area contributed by atoms with Crippen LogP contribution in [0.4, 0.5) is 0 Å². The minimum atomic E-state index is 0.234. The highest BCUT2D eigenvalue weighted by molar-refractivity contribution is 6.17. The van der Waals surface area contributed by atoms with Gasteiger partial charge in [-0.3, -0.25) is 4.68 Å². The smallest absolute Gasteiger partial charge is 0.159 e. The fourth-order valence-corrected chi connectivity index (χ4v) is 2.86. The Morgan fingerprint density at radius 2 is 2.05 bits per heavy atom. The van der Waals surface area contributed by atoms with Gasteiger partial charge in [0.05, 0.1) is 18.3 Å². The molecule has 0 aliphatic rings. The van der Waals surface area contributed by atoms with Crippen LogP contribution < -0.4 is 0 Å². The minimum Gasteiger partial charge on any atom is -0.383 e. The lowest BCUT2D eigenvalue weighted by molar-refractivity contribution is 0.133. The summed E-state index contributed by atoms with van der Waals surface area (Å²) >= 11 is 5.94. The summed E-state index contributed by atoms with van der Waals surface area (Å²) in [6, 6.07) is 0.234. The maximum atomic E-state index is 5.94. The fourth-order valence-electron chi connectivity index (χ4n) is 2.69. The van der Waals surface area contributed by atoms with Crippen LogP contribution in [-0.4, -0.2) is 38.9 Å². The van der Waals surface area contributed by atoms with E-state index in [0.29, 0.717) is 18.4 Å². The number of nitrogens with zero attached hydrogens (tertiary/aromatic N) is 4. The van der Waals surface area contributed by atoms with E-state index < -0.39 is 0 Å². The number of imidazole rings is 1. The third kappa shape index (κ3) is 2.56. The Hall–Kier alpha value is -1.07. The summed E-state index contributed by atoms with van der Waals surface area (Å²) in [6.07, 6.45) is 0.753. The van der Waals surface area contributed by atoms with Gasteiger partial charge in [0.1, 0.15) is 11.3 Å². The lowest BCUT2D eigenvalue weighted by Crippen LogP contribution is -2.23. The molecule has 1 unspecified atom stereocenters. The van der Waals surface area contributed by atoms with Crippen LogP contribution in [0.1, 0.15) is 31.4 Å². The molecule has 0 aliphatic carbocycles. The Morgan fingerprint density at radius 1 is 1.35 bits per heavy atom. The molecule has 112 valence electrons. The van der Waals surface area contributed by atoms with Crippen molar-refractivity contribution in [2.24, 2.45) is 13.0 Å². The SMILES string of the molecule is COCC(C(C)C)n1c(CCCl)nc2c(C)nn(C)c21. The molecule has 0 radical (unpaired) electrons. The van der Waals surface area contributed by atoms with Gasteiger partial charge in [-0.15, -0.1) is 11.6 Å². The molecule has 2 heterocycles. The van der Waals surface area contributed by atoms with Crippen molar-refractivity contribution in [3.05, 3.63) is 11.5 Å². The number of hydrogen-bond acceptors (Lipinski definition) is 3. The van der Waals surface area contributed by atoms with Crippen LogP contribution in [0.3, 0.4) is 0 Å². The lowest BCUT2D eigenvalue weighted by atomic mass is 10.0.